The Bertz CT molecular complexity index is 355. The number of fused-ring (bicyclic) bond motifs is 1. The van der Waals surface area contributed by atoms with Crippen molar-refractivity contribution >= 4 is 17.2 Å². The predicted molar refractivity (Wildman–Crippen MR) is 35.8 cm³/mol. The molecule has 2 aromatic rings. The van der Waals surface area contributed by atoms with Gasteiger partial charge < -0.3 is 0 Å². The van der Waals surface area contributed by atoms with Gasteiger partial charge in [0.2, 0.25) is 0 Å². The lowest BCUT2D eigenvalue weighted by molar-refractivity contribution is 1.07. The van der Waals surface area contributed by atoms with Crippen LogP contribution in [0.25, 0.3) is 5.65 Å². The van der Waals surface area contributed by atoms with Crippen LogP contribution in [-0.4, -0.2) is 19.6 Å². The van der Waals surface area contributed by atoms with Crippen molar-refractivity contribution in [1.82, 2.24) is 19.6 Å². The maximum absolute atomic E-state index is 5.58. The summed E-state index contributed by atoms with van der Waals surface area (Å²) < 4.78 is 1.69. The summed E-state index contributed by atoms with van der Waals surface area (Å²) in [6, 6.07) is 1.65. The lowest BCUT2D eigenvalue weighted by Crippen LogP contribution is -1.84. The third-order valence-corrected chi connectivity index (χ3v) is 1.36. The zero-order chi connectivity index (χ0) is 6.97. The standard InChI is InChI=1S/C5H3ClN4/c6-4-1-5-9-8-3-10(5)2-7-4/h1-3H. The minimum absolute atomic E-state index is 0.431. The first-order valence-electron chi connectivity index (χ1n) is 2.67. The highest BCUT2D eigenvalue weighted by molar-refractivity contribution is 6.29. The van der Waals surface area contributed by atoms with Gasteiger partial charge in [0.25, 0.3) is 0 Å². The van der Waals surface area contributed by atoms with E-state index in [1.165, 1.54) is 0 Å². The van der Waals surface area contributed by atoms with Crippen LogP contribution in [0.2, 0.25) is 5.15 Å². The molecule has 0 aliphatic rings. The van der Waals surface area contributed by atoms with Crippen molar-refractivity contribution in [3.05, 3.63) is 23.9 Å². The third kappa shape index (κ3) is 0.733. The number of hydrogen-bond acceptors (Lipinski definition) is 3. The summed E-state index contributed by atoms with van der Waals surface area (Å²) in [6.07, 6.45) is 3.14. The average Bonchev–Trinajstić information content (AvgIpc) is 2.33. The third-order valence-electron chi connectivity index (χ3n) is 1.15. The summed E-state index contributed by atoms with van der Waals surface area (Å²) in [7, 11) is 0. The maximum atomic E-state index is 5.58. The Hall–Kier alpha value is -1.16. The topological polar surface area (TPSA) is 43.1 Å². The van der Waals surface area contributed by atoms with Crippen LogP contribution in [0, 0.1) is 0 Å². The lowest BCUT2D eigenvalue weighted by Gasteiger charge is -1.88. The summed E-state index contributed by atoms with van der Waals surface area (Å²) in [4.78, 5) is 3.83. The molecule has 0 spiro atoms. The van der Waals surface area contributed by atoms with Gasteiger partial charge in [-0.1, -0.05) is 11.6 Å². The molecule has 0 atom stereocenters. The molecule has 0 N–H and O–H groups in total. The fourth-order valence-corrected chi connectivity index (χ4v) is 0.846. The van der Waals surface area contributed by atoms with E-state index < -0.39 is 0 Å². The Kier molecular flexibility index (Phi) is 1.07. The van der Waals surface area contributed by atoms with Crippen LogP contribution in [0.5, 0.6) is 0 Å². The van der Waals surface area contributed by atoms with Gasteiger partial charge in [-0.3, -0.25) is 4.40 Å². The van der Waals surface area contributed by atoms with Gasteiger partial charge in [0.15, 0.2) is 5.65 Å². The fraction of sp³-hybridized carbons (Fsp3) is 0. The normalized spacial score (nSPS) is 10.5. The van der Waals surface area contributed by atoms with Crippen LogP contribution in [0.3, 0.4) is 0 Å². The Morgan fingerprint density at radius 1 is 1.40 bits per heavy atom. The van der Waals surface area contributed by atoms with Crippen molar-refractivity contribution in [2.75, 3.05) is 0 Å². The van der Waals surface area contributed by atoms with Gasteiger partial charge in [0.05, 0.1) is 0 Å². The minimum Gasteiger partial charge on any atom is -0.272 e. The number of halogens is 1. The molecule has 0 aromatic carbocycles. The molecule has 0 bridgehead atoms. The Morgan fingerprint density at radius 2 is 2.30 bits per heavy atom. The van der Waals surface area contributed by atoms with Crippen LogP contribution < -0.4 is 0 Å². The molecule has 5 heteroatoms. The molecule has 2 rings (SSSR count). The molecule has 50 valence electrons. The van der Waals surface area contributed by atoms with Crippen molar-refractivity contribution in [3.63, 3.8) is 0 Å². The van der Waals surface area contributed by atoms with Crippen molar-refractivity contribution < 1.29 is 0 Å². The second-order valence-electron chi connectivity index (χ2n) is 1.81. The van der Waals surface area contributed by atoms with E-state index in [4.69, 9.17) is 11.6 Å². The van der Waals surface area contributed by atoms with Crippen LogP contribution in [0.1, 0.15) is 0 Å². The first-order chi connectivity index (χ1) is 4.86. The zero-order valence-electron chi connectivity index (χ0n) is 4.90. The number of aromatic nitrogens is 4. The highest BCUT2D eigenvalue weighted by Gasteiger charge is 1.94. The summed E-state index contributed by atoms with van der Waals surface area (Å²) in [5, 5.41) is 7.86. The molecular weight excluding hydrogens is 152 g/mol. The van der Waals surface area contributed by atoms with Gasteiger partial charge in [-0.25, -0.2) is 4.98 Å². The molecule has 10 heavy (non-hydrogen) atoms. The molecule has 0 fully saturated rings. The zero-order valence-corrected chi connectivity index (χ0v) is 5.65. The molecule has 2 heterocycles. The molecule has 0 radical (unpaired) electrons. The lowest BCUT2D eigenvalue weighted by atomic mass is 10.6. The SMILES string of the molecule is Clc1cc2nncn2cn1. The first-order valence-corrected chi connectivity index (χ1v) is 3.05. The van der Waals surface area contributed by atoms with E-state index in [1.807, 2.05) is 0 Å². The highest BCUT2D eigenvalue weighted by atomic mass is 35.5. The number of nitrogens with zero attached hydrogens (tertiary/aromatic N) is 4. The van der Waals surface area contributed by atoms with E-state index in [9.17, 15) is 0 Å². The van der Waals surface area contributed by atoms with E-state index >= 15 is 0 Å². The molecular formula is C5H3ClN4. The van der Waals surface area contributed by atoms with E-state index in [1.54, 1.807) is 23.1 Å². The predicted octanol–water partition coefficient (Wildman–Crippen LogP) is 0.778. The Balaban J connectivity index is 2.86. The van der Waals surface area contributed by atoms with Gasteiger partial charge in [-0.15, -0.1) is 10.2 Å². The smallest absolute Gasteiger partial charge is 0.164 e. The minimum atomic E-state index is 0.431. The molecule has 2 aromatic heterocycles. The van der Waals surface area contributed by atoms with Gasteiger partial charge >= 0.3 is 0 Å². The molecule has 4 nitrogen and oxygen atoms in total. The van der Waals surface area contributed by atoms with Gasteiger partial charge in [-0.05, 0) is 0 Å². The summed E-state index contributed by atoms with van der Waals surface area (Å²) in [6.45, 7) is 0. The molecule has 0 aliphatic carbocycles. The summed E-state index contributed by atoms with van der Waals surface area (Å²) in [5.41, 5.74) is 0.708. The second kappa shape index (κ2) is 1.91. The second-order valence-corrected chi connectivity index (χ2v) is 2.20. The Labute approximate surface area is 61.5 Å². The van der Waals surface area contributed by atoms with E-state index in [-0.39, 0.29) is 0 Å². The monoisotopic (exact) mass is 154 g/mol. The van der Waals surface area contributed by atoms with Crippen LogP contribution in [0.4, 0.5) is 0 Å². The molecule has 0 saturated carbocycles. The van der Waals surface area contributed by atoms with Gasteiger partial charge in [-0.2, -0.15) is 0 Å². The highest BCUT2D eigenvalue weighted by Crippen LogP contribution is 2.04. The fourth-order valence-electron chi connectivity index (χ4n) is 0.705. The van der Waals surface area contributed by atoms with E-state index in [0.29, 0.717) is 10.8 Å². The number of hydrogen-bond donors (Lipinski definition) is 0. The maximum Gasteiger partial charge on any atom is 0.164 e. The van der Waals surface area contributed by atoms with Crippen LogP contribution >= 0.6 is 11.6 Å². The van der Waals surface area contributed by atoms with Crippen molar-refractivity contribution in [2.24, 2.45) is 0 Å². The van der Waals surface area contributed by atoms with Gasteiger partial charge in [0.1, 0.15) is 17.8 Å². The molecule has 0 amide bonds. The average molecular weight is 155 g/mol. The van der Waals surface area contributed by atoms with Crippen molar-refractivity contribution in [1.29, 1.82) is 0 Å². The van der Waals surface area contributed by atoms with Crippen molar-refractivity contribution in [3.8, 4) is 0 Å². The van der Waals surface area contributed by atoms with Crippen LogP contribution in [0.15, 0.2) is 18.7 Å². The van der Waals surface area contributed by atoms with Crippen LogP contribution in [-0.2, 0) is 0 Å². The van der Waals surface area contributed by atoms with E-state index in [0.717, 1.165) is 0 Å². The molecule has 0 aliphatic heterocycles. The van der Waals surface area contributed by atoms with E-state index in [2.05, 4.69) is 15.2 Å². The van der Waals surface area contributed by atoms with Gasteiger partial charge in [0, 0.05) is 6.07 Å². The summed E-state index contributed by atoms with van der Waals surface area (Å²) in [5.74, 6) is 0. The molecule has 0 unspecified atom stereocenters. The molecule has 0 saturated heterocycles. The summed E-state index contributed by atoms with van der Waals surface area (Å²) >= 11 is 5.58. The quantitative estimate of drug-likeness (QED) is 0.527. The largest absolute Gasteiger partial charge is 0.272 e. The Morgan fingerprint density at radius 3 is 3.20 bits per heavy atom. The number of rotatable bonds is 0. The van der Waals surface area contributed by atoms with Crippen molar-refractivity contribution in [2.45, 2.75) is 0 Å². The first kappa shape index (κ1) is 5.61.